The van der Waals surface area contributed by atoms with Gasteiger partial charge in [0.1, 0.15) is 5.75 Å². The van der Waals surface area contributed by atoms with Gasteiger partial charge in [0.2, 0.25) is 5.91 Å². The highest BCUT2D eigenvalue weighted by Gasteiger charge is 2.32. The molecule has 0 saturated carbocycles. The smallest absolute Gasteiger partial charge is 0.406 e. The van der Waals surface area contributed by atoms with Crippen LogP contribution in [0, 0.1) is 5.92 Å². The van der Waals surface area contributed by atoms with Crippen molar-refractivity contribution in [3.63, 3.8) is 0 Å². The molecule has 2 rings (SSSR count). The molecular formula is C16H21F3N2O2. The number of amides is 1. The van der Waals surface area contributed by atoms with Crippen LogP contribution in [-0.2, 0) is 11.2 Å². The highest BCUT2D eigenvalue weighted by Crippen LogP contribution is 2.27. The third-order valence-electron chi connectivity index (χ3n) is 3.95. The summed E-state index contributed by atoms with van der Waals surface area (Å²) in [5, 5.41) is 6.22. The second-order valence-electron chi connectivity index (χ2n) is 5.80. The van der Waals surface area contributed by atoms with Crippen molar-refractivity contribution in [1.82, 2.24) is 10.6 Å². The topological polar surface area (TPSA) is 50.4 Å². The lowest BCUT2D eigenvalue weighted by Gasteiger charge is -2.30. The molecule has 1 aliphatic heterocycles. The number of para-hydroxylation sites is 1. The summed E-state index contributed by atoms with van der Waals surface area (Å²) in [4.78, 5) is 12.0. The molecule has 1 heterocycles. The van der Waals surface area contributed by atoms with E-state index < -0.39 is 6.36 Å². The summed E-state index contributed by atoms with van der Waals surface area (Å²) in [6, 6.07) is 6.02. The van der Waals surface area contributed by atoms with E-state index in [1.165, 1.54) is 12.1 Å². The largest absolute Gasteiger partial charge is 0.573 e. The lowest BCUT2D eigenvalue weighted by Crippen LogP contribution is -2.48. The van der Waals surface area contributed by atoms with Gasteiger partial charge in [0, 0.05) is 12.5 Å². The fourth-order valence-corrected chi connectivity index (χ4v) is 2.69. The average Bonchev–Trinajstić information content (AvgIpc) is 2.47. The van der Waals surface area contributed by atoms with Crippen molar-refractivity contribution in [2.45, 2.75) is 38.6 Å². The van der Waals surface area contributed by atoms with Crippen LogP contribution in [-0.4, -0.2) is 31.4 Å². The van der Waals surface area contributed by atoms with Gasteiger partial charge in [-0.2, -0.15) is 0 Å². The van der Waals surface area contributed by atoms with Crippen LogP contribution >= 0.6 is 0 Å². The summed E-state index contributed by atoms with van der Waals surface area (Å²) >= 11 is 0. The number of benzene rings is 1. The van der Waals surface area contributed by atoms with Gasteiger partial charge in [-0.25, -0.2) is 0 Å². The van der Waals surface area contributed by atoms with E-state index in [1.807, 2.05) is 0 Å². The van der Waals surface area contributed by atoms with Crippen LogP contribution < -0.4 is 15.4 Å². The summed E-state index contributed by atoms with van der Waals surface area (Å²) in [6.45, 7) is 3.77. The first kappa shape index (κ1) is 17.6. The van der Waals surface area contributed by atoms with Crippen LogP contribution in [0.4, 0.5) is 13.2 Å². The molecule has 0 bridgehead atoms. The lowest BCUT2D eigenvalue weighted by molar-refractivity contribution is -0.274. The van der Waals surface area contributed by atoms with Gasteiger partial charge < -0.3 is 15.4 Å². The van der Waals surface area contributed by atoms with Gasteiger partial charge in [-0.05, 0) is 43.5 Å². The molecule has 23 heavy (non-hydrogen) atoms. The van der Waals surface area contributed by atoms with Crippen molar-refractivity contribution in [3.8, 4) is 5.75 Å². The van der Waals surface area contributed by atoms with E-state index in [0.29, 0.717) is 11.5 Å². The molecule has 1 aromatic carbocycles. The standard InChI is InChI=1S/C16H21F3N2O2/c1-11-10-20-9-8-13(11)21-15(22)7-6-12-4-2-3-5-14(12)23-16(17,18)19/h2-5,11,13,20H,6-10H2,1H3,(H,21,22). The van der Waals surface area contributed by atoms with Crippen LogP contribution in [0.2, 0.25) is 0 Å². The Morgan fingerprint density at radius 3 is 2.83 bits per heavy atom. The number of carbonyl (C=O) groups is 1. The van der Waals surface area contributed by atoms with Gasteiger partial charge in [-0.15, -0.1) is 13.2 Å². The molecule has 0 radical (unpaired) electrons. The molecule has 1 amide bonds. The maximum atomic E-state index is 12.4. The van der Waals surface area contributed by atoms with Crippen LogP contribution in [0.3, 0.4) is 0 Å². The number of piperidine rings is 1. The summed E-state index contributed by atoms with van der Waals surface area (Å²) in [5.41, 5.74) is 0.373. The normalized spacial score (nSPS) is 21.7. The zero-order valence-electron chi connectivity index (χ0n) is 13.0. The second-order valence-corrected chi connectivity index (χ2v) is 5.80. The van der Waals surface area contributed by atoms with Crippen molar-refractivity contribution in [2.75, 3.05) is 13.1 Å². The van der Waals surface area contributed by atoms with Crippen LogP contribution in [0.25, 0.3) is 0 Å². The van der Waals surface area contributed by atoms with Crippen LogP contribution in [0.5, 0.6) is 5.75 Å². The van der Waals surface area contributed by atoms with Crippen LogP contribution in [0.1, 0.15) is 25.3 Å². The molecule has 1 fully saturated rings. The van der Waals surface area contributed by atoms with Gasteiger partial charge in [0.05, 0.1) is 0 Å². The molecule has 0 aromatic heterocycles. The monoisotopic (exact) mass is 330 g/mol. The first-order valence-corrected chi connectivity index (χ1v) is 7.69. The highest BCUT2D eigenvalue weighted by atomic mass is 19.4. The molecule has 1 aromatic rings. The van der Waals surface area contributed by atoms with E-state index in [1.54, 1.807) is 12.1 Å². The van der Waals surface area contributed by atoms with Crippen molar-refractivity contribution < 1.29 is 22.7 Å². The number of ether oxygens (including phenoxy) is 1. The highest BCUT2D eigenvalue weighted by molar-refractivity contribution is 5.76. The minimum atomic E-state index is -4.73. The minimum Gasteiger partial charge on any atom is -0.406 e. The summed E-state index contributed by atoms with van der Waals surface area (Å²) in [5.74, 6) is -0.0536. The van der Waals surface area contributed by atoms with Gasteiger partial charge in [-0.3, -0.25) is 4.79 Å². The van der Waals surface area contributed by atoms with Crippen molar-refractivity contribution in [1.29, 1.82) is 0 Å². The fourth-order valence-electron chi connectivity index (χ4n) is 2.69. The number of rotatable bonds is 5. The maximum Gasteiger partial charge on any atom is 0.573 e. The molecule has 2 N–H and O–H groups in total. The summed E-state index contributed by atoms with van der Waals surface area (Å²) in [6.07, 6.45) is -3.53. The number of aryl methyl sites for hydroxylation is 1. The molecular weight excluding hydrogens is 309 g/mol. The molecule has 1 saturated heterocycles. The maximum absolute atomic E-state index is 12.4. The molecule has 4 nitrogen and oxygen atoms in total. The SMILES string of the molecule is CC1CNCCC1NC(=O)CCc1ccccc1OC(F)(F)F. The zero-order chi connectivity index (χ0) is 16.9. The third-order valence-corrected chi connectivity index (χ3v) is 3.95. The molecule has 0 aliphatic carbocycles. The van der Waals surface area contributed by atoms with Crippen molar-refractivity contribution >= 4 is 5.91 Å². The van der Waals surface area contributed by atoms with Gasteiger partial charge in [-0.1, -0.05) is 25.1 Å². The molecule has 2 unspecified atom stereocenters. The Kier molecular flexibility index (Phi) is 5.87. The Morgan fingerprint density at radius 2 is 2.13 bits per heavy atom. The summed E-state index contributed by atoms with van der Waals surface area (Å²) in [7, 11) is 0. The lowest BCUT2D eigenvalue weighted by atomic mass is 9.95. The van der Waals surface area contributed by atoms with Crippen molar-refractivity contribution in [2.24, 2.45) is 5.92 Å². The Balaban J connectivity index is 1.89. The Labute approximate surface area is 133 Å². The predicted octanol–water partition coefficient (Wildman–Crippen LogP) is 2.63. The summed E-state index contributed by atoms with van der Waals surface area (Å²) < 4.78 is 41.1. The number of nitrogens with one attached hydrogen (secondary N) is 2. The van der Waals surface area contributed by atoms with E-state index in [9.17, 15) is 18.0 Å². The number of hydrogen-bond donors (Lipinski definition) is 2. The van der Waals surface area contributed by atoms with Crippen molar-refractivity contribution in [3.05, 3.63) is 29.8 Å². The number of hydrogen-bond acceptors (Lipinski definition) is 3. The zero-order valence-corrected chi connectivity index (χ0v) is 13.0. The van der Waals surface area contributed by atoms with Gasteiger partial charge >= 0.3 is 6.36 Å². The Bertz CT molecular complexity index is 534. The van der Waals surface area contributed by atoms with E-state index >= 15 is 0 Å². The molecule has 7 heteroatoms. The number of alkyl halides is 3. The van der Waals surface area contributed by atoms with Crippen LogP contribution in [0.15, 0.2) is 24.3 Å². The quantitative estimate of drug-likeness (QED) is 0.873. The Morgan fingerprint density at radius 1 is 1.39 bits per heavy atom. The predicted molar refractivity (Wildman–Crippen MR) is 80.0 cm³/mol. The first-order chi connectivity index (χ1) is 10.8. The van der Waals surface area contributed by atoms with E-state index in [4.69, 9.17) is 0 Å². The van der Waals surface area contributed by atoms with Gasteiger partial charge in [0.25, 0.3) is 0 Å². The third kappa shape index (κ3) is 5.74. The van der Waals surface area contributed by atoms with E-state index in [2.05, 4.69) is 22.3 Å². The molecule has 2 atom stereocenters. The molecule has 128 valence electrons. The number of halogens is 3. The number of carbonyl (C=O) groups excluding carboxylic acids is 1. The van der Waals surface area contributed by atoms with Gasteiger partial charge in [0.15, 0.2) is 0 Å². The van der Waals surface area contributed by atoms with E-state index in [-0.39, 0.29) is 30.5 Å². The fraction of sp³-hybridized carbons (Fsp3) is 0.562. The molecule has 1 aliphatic rings. The Hall–Kier alpha value is -1.76. The minimum absolute atomic E-state index is 0.116. The first-order valence-electron chi connectivity index (χ1n) is 7.69. The van der Waals surface area contributed by atoms with E-state index in [0.717, 1.165) is 19.5 Å². The average molecular weight is 330 g/mol. The second kappa shape index (κ2) is 7.68. The molecule has 0 spiro atoms.